The van der Waals surface area contributed by atoms with Crippen LogP contribution in [0.15, 0.2) is 24.3 Å². The van der Waals surface area contributed by atoms with Gasteiger partial charge >= 0.3 is 0 Å². The SMILES string of the molecule is CCCCC(CC)Nc1ccc(COC)cc1. The van der Waals surface area contributed by atoms with Gasteiger partial charge in [-0.15, -0.1) is 0 Å². The van der Waals surface area contributed by atoms with Gasteiger partial charge in [0.25, 0.3) is 0 Å². The summed E-state index contributed by atoms with van der Waals surface area (Å²) in [6.07, 6.45) is 5.00. The number of hydrogen-bond acceptors (Lipinski definition) is 2. The van der Waals surface area contributed by atoms with Gasteiger partial charge in [0, 0.05) is 18.8 Å². The number of hydrogen-bond donors (Lipinski definition) is 1. The van der Waals surface area contributed by atoms with E-state index in [1.165, 1.54) is 36.9 Å². The number of anilines is 1. The van der Waals surface area contributed by atoms with E-state index in [0.717, 1.165) is 0 Å². The van der Waals surface area contributed by atoms with Crippen LogP contribution in [-0.2, 0) is 11.3 Å². The summed E-state index contributed by atoms with van der Waals surface area (Å²) in [4.78, 5) is 0. The first-order valence-corrected chi connectivity index (χ1v) is 6.64. The Bertz CT molecular complexity index is 294. The summed E-state index contributed by atoms with van der Waals surface area (Å²) < 4.78 is 5.10. The van der Waals surface area contributed by atoms with Gasteiger partial charge in [-0.25, -0.2) is 0 Å². The van der Waals surface area contributed by atoms with Gasteiger partial charge in [0.05, 0.1) is 6.61 Å². The van der Waals surface area contributed by atoms with Gasteiger partial charge in [-0.3, -0.25) is 0 Å². The molecule has 1 N–H and O–H groups in total. The molecule has 2 nitrogen and oxygen atoms in total. The van der Waals surface area contributed by atoms with Gasteiger partial charge in [0.2, 0.25) is 0 Å². The largest absolute Gasteiger partial charge is 0.382 e. The van der Waals surface area contributed by atoms with E-state index < -0.39 is 0 Å². The second-order valence-corrected chi connectivity index (χ2v) is 4.52. The van der Waals surface area contributed by atoms with Crippen molar-refractivity contribution in [3.8, 4) is 0 Å². The molecule has 0 saturated heterocycles. The van der Waals surface area contributed by atoms with E-state index in [9.17, 15) is 0 Å². The predicted molar refractivity (Wildman–Crippen MR) is 74.4 cm³/mol. The molecule has 1 aromatic rings. The Labute approximate surface area is 105 Å². The van der Waals surface area contributed by atoms with Crippen LogP contribution in [0.2, 0.25) is 0 Å². The molecule has 0 aliphatic carbocycles. The van der Waals surface area contributed by atoms with Crippen molar-refractivity contribution >= 4 is 5.69 Å². The number of rotatable bonds is 8. The van der Waals surface area contributed by atoms with Crippen LogP contribution in [0.5, 0.6) is 0 Å². The van der Waals surface area contributed by atoms with E-state index in [1.54, 1.807) is 7.11 Å². The average Bonchev–Trinajstić information content (AvgIpc) is 2.37. The second kappa shape index (κ2) is 8.13. The van der Waals surface area contributed by atoms with Crippen molar-refractivity contribution in [1.82, 2.24) is 0 Å². The molecule has 0 bridgehead atoms. The number of nitrogens with one attached hydrogen (secondary N) is 1. The first-order valence-electron chi connectivity index (χ1n) is 6.64. The van der Waals surface area contributed by atoms with Crippen LogP contribution in [0.1, 0.15) is 45.1 Å². The summed E-state index contributed by atoms with van der Waals surface area (Å²) in [6, 6.07) is 9.13. The predicted octanol–water partition coefficient (Wildman–Crippen LogP) is 4.21. The fourth-order valence-electron chi connectivity index (χ4n) is 1.93. The number of benzene rings is 1. The zero-order valence-corrected chi connectivity index (χ0v) is 11.3. The highest BCUT2D eigenvalue weighted by Gasteiger charge is 2.05. The molecule has 96 valence electrons. The van der Waals surface area contributed by atoms with Crippen LogP contribution in [-0.4, -0.2) is 13.2 Å². The standard InChI is InChI=1S/C15H25NO/c1-4-6-7-14(5-2)16-15-10-8-13(9-11-15)12-17-3/h8-11,14,16H,4-7,12H2,1-3H3. The lowest BCUT2D eigenvalue weighted by Crippen LogP contribution is -2.18. The lowest BCUT2D eigenvalue weighted by atomic mass is 10.1. The average molecular weight is 235 g/mol. The highest BCUT2D eigenvalue weighted by Crippen LogP contribution is 2.15. The Morgan fingerprint density at radius 3 is 2.41 bits per heavy atom. The first kappa shape index (κ1) is 14.0. The van der Waals surface area contributed by atoms with Crippen molar-refractivity contribution in [2.45, 2.75) is 52.2 Å². The second-order valence-electron chi connectivity index (χ2n) is 4.52. The van der Waals surface area contributed by atoms with Gasteiger partial charge in [-0.2, -0.15) is 0 Å². The van der Waals surface area contributed by atoms with Crippen molar-refractivity contribution in [1.29, 1.82) is 0 Å². The zero-order chi connectivity index (χ0) is 12.5. The molecule has 17 heavy (non-hydrogen) atoms. The Hall–Kier alpha value is -1.02. The van der Waals surface area contributed by atoms with Gasteiger partial charge in [0.1, 0.15) is 0 Å². The fraction of sp³-hybridized carbons (Fsp3) is 0.600. The van der Waals surface area contributed by atoms with Crippen LogP contribution in [0, 0.1) is 0 Å². The maximum atomic E-state index is 5.10. The summed E-state index contributed by atoms with van der Waals surface area (Å²) in [5, 5.41) is 3.59. The van der Waals surface area contributed by atoms with Crippen LogP contribution < -0.4 is 5.32 Å². The molecule has 0 aromatic heterocycles. The summed E-state index contributed by atoms with van der Waals surface area (Å²) in [7, 11) is 1.73. The summed E-state index contributed by atoms with van der Waals surface area (Å²) >= 11 is 0. The van der Waals surface area contributed by atoms with Gasteiger partial charge in [0.15, 0.2) is 0 Å². The lowest BCUT2D eigenvalue weighted by molar-refractivity contribution is 0.185. The van der Waals surface area contributed by atoms with Gasteiger partial charge in [-0.1, -0.05) is 38.8 Å². The molecular formula is C15H25NO. The molecule has 1 rings (SSSR count). The van der Waals surface area contributed by atoms with E-state index in [1.807, 2.05) is 0 Å². The molecule has 0 fully saturated rings. The van der Waals surface area contributed by atoms with Crippen molar-refractivity contribution in [2.75, 3.05) is 12.4 Å². The van der Waals surface area contributed by atoms with Gasteiger partial charge < -0.3 is 10.1 Å². The molecule has 0 aliphatic heterocycles. The maximum Gasteiger partial charge on any atom is 0.0713 e. The first-order chi connectivity index (χ1) is 8.30. The van der Waals surface area contributed by atoms with Gasteiger partial charge in [-0.05, 0) is 30.5 Å². The normalized spacial score (nSPS) is 12.4. The quantitative estimate of drug-likeness (QED) is 0.728. The number of ether oxygens (including phenoxy) is 1. The minimum absolute atomic E-state index is 0.600. The molecule has 0 spiro atoms. The van der Waals surface area contributed by atoms with Crippen LogP contribution >= 0.6 is 0 Å². The smallest absolute Gasteiger partial charge is 0.0713 e. The molecule has 2 heteroatoms. The van der Waals surface area contributed by atoms with E-state index in [-0.39, 0.29) is 0 Å². The molecule has 1 atom stereocenters. The summed E-state index contributed by atoms with van der Waals surface area (Å²) in [5.41, 5.74) is 2.44. The molecule has 1 aromatic carbocycles. The zero-order valence-electron chi connectivity index (χ0n) is 11.3. The minimum atomic E-state index is 0.600. The highest BCUT2D eigenvalue weighted by atomic mass is 16.5. The molecule has 0 saturated carbocycles. The highest BCUT2D eigenvalue weighted by molar-refractivity contribution is 5.45. The Balaban J connectivity index is 2.48. The van der Waals surface area contributed by atoms with E-state index in [0.29, 0.717) is 12.6 Å². The third-order valence-electron chi connectivity index (χ3n) is 3.03. The van der Waals surface area contributed by atoms with Crippen LogP contribution in [0.3, 0.4) is 0 Å². The fourth-order valence-corrected chi connectivity index (χ4v) is 1.93. The Kier molecular flexibility index (Phi) is 6.71. The Morgan fingerprint density at radius 2 is 1.88 bits per heavy atom. The van der Waals surface area contributed by atoms with Crippen molar-refractivity contribution < 1.29 is 4.74 Å². The molecule has 0 radical (unpaired) electrons. The summed E-state index contributed by atoms with van der Waals surface area (Å²) in [6.45, 7) is 5.17. The minimum Gasteiger partial charge on any atom is -0.382 e. The molecular weight excluding hydrogens is 210 g/mol. The van der Waals surface area contributed by atoms with Crippen LogP contribution in [0.25, 0.3) is 0 Å². The molecule has 1 unspecified atom stereocenters. The van der Waals surface area contributed by atoms with E-state index >= 15 is 0 Å². The Morgan fingerprint density at radius 1 is 1.18 bits per heavy atom. The van der Waals surface area contributed by atoms with Crippen LogP contribution in [0.4, 0.5) is 5.69 Å². The third kappa shape index (κ3) is 5.22. The topological polar surface area (TPSA) is 21.3 Å². The summed E-state index contributed by atoms with van der Waals surface area (Å²) in [5.74, 6) is 0. The maximum absolute atomic E-state index is 5.10. The molecule has 0 amide bonds. The monoisotopic (exact) mass is 235 g/mol. The number of unbranched alkanes of at least 4 members (excludes halogenated alkanes) is 1. The molecule has 0 aliphatic rings. The van der Waals surface area contributed by atoms with Crippen molar-refractivity contribution in [2.24, 2.45) is 0 Å². The van der Waals surface area contributed by atoms with E-state index in [2.05, 4.69) is 43.4 Å². The third-order valence-corrected chi connectivity index (χ3v) is 3.03. The van der Waals surface area contributed by atoms with Crippen molar-refractivity contribution in [3.63, 3.8) is 0 Å². The molecule has 0 heterocycles. The number of methoxy groups -OCH3 is 1. The lowest BCUT2D eigenvalue weighted by Gasteiger charge is -2.18. The van der Waals surface area contributed by atoms with Crippen molar-refractivity contribution in [3.05, 3.63) is 29.8 Å². The van der Waals surface area contributed by atoms with E-state index in [4.69, 9.17) is 4.74 Å².